The quantitative estimate of drug-likeness (QED) is 0.194. The molecular formula is C32H45F9N6O2. The number of alkyl halides is 9. The predicted molar refractivity (Wildman–Crippen MR) is 169 cm³/mol. The number of carboxylic acid groups (broad SMARTS) is 1. The van der Waals surface area contributed by atoms with Crippen LogP contribution in [0.15, 0.2) is 36.4 Å². The average Bonchev–Trinajstić information content (AvgIpc) is 3.30. The van der Waals surface area contributed by atoms with Gasteiger partial charge in [-0.05, 0) is 60.9 Å². The van der Waals surface area contributed by atoms with Gasteiger partial charge in [0.15, 0.2) is 0 Å². The number of nitrogens with zero attached hydrogens (tertiary/aromatic N) is 6. The number of hydrogen-bond donors (Lipinski definition) is 1. The molecule has 278 valence electrons. The standard InChI is InChI=1S/C26H34F6N6O2.C4H5F3.C2H6/c1-17-14-18-20(38(23-33-35-36(4)34-23)12-6-5-9-25(27,28)29)8-7-11-37(13-10-24(2,3)16-22(39)40)21(18)15-19(17)26(30,31)32;1-3(2)4(5,6)7;1-2/h5-6,14-15,20H,7-13,16H2,1-4H3,(H,39,40);1H2,2H3;1-2H3/b6-5+;;. The summed E-state index contributed by atoms with van der Waals surface area (Å²) in [6.45, 7) is 13.3. The van der Waals surface area contributed by atoms with Crippen LogP contribution in [0, 0.1) is 12.3 Å². The van der Waals surface area contributed by atoms with Crippen molar-refractivity contribution in [3.8, 4) is 0 Å². The molecule has 1 unspecified atom stereocenters. The molecule has 8 nitrogen and oxygen atoms in total. The maximum absolute atomic E-state index is 14.0. The third-order valence-corrected chi connectivity index (χ3v) is 7.41. The second kappa shape index (κ2) is 17.7. The molecule has 49 heavy (non-hydrogen) atoms. The Balaban J connectivity index is 0.00000118. The van der Waals surface area contributed by atoms with Crippen LogP contribution >= 0.6 is 0 Å². The smallest absolute Gasteiger partial charge is 0.416 e. The van der Waals surface area contributed by atoms with Crippen molar-refractivity contribution in [3.63, 3.8) is 0 Å². The fraction of sp³-hybridized carbons (Fsp3) is 0.625. The molecule has 0 aliphatic carbocycles. The molecule has 17 heteroatoms. The Morgan fingerprint density at radius 1 is 1.08 bits per heavy atom. The second-order valence-corrected chi connectivity index (χ2v) is 12.2. The molecule has 0 saturated carbocycles. The molecule has 1 N–H and O–H groups in total. The molecule has 0 saturated heterocycles. The monoisotopic (exact) mass is 716 g/mol. The number of anilines is 2. The number of hydrogen-bond acceptors (Lipinski definition) is 6. The minimum Gasteiger partial charge on any atom is -0.481 e. The molecule has 2 aromatic rings. The number of aryl methyl sites for hydroxylation is 2. The highest BCUT2D eigenvalue weighted by Gasteiger charge is 2.37. The molecule has 3 rings (SSSR count). The first-order valence-corrected chi connectivity index (χ1v) is 15.5. The normalized spacial score (nSPS) is 15.4. The third kappa shape index (κ3) is 14.3. The van der Waals surface area contributed by atoms with Crippen LogP contribution in [-0.2, 0) is 18.0 Å². The minimum atomic E-state index is -4.60. The van der Waals surface area contributed by atoms with Gasteiger partial charge in [0.05, 0.1) is 31.5 Å². The number of allylic oxidation sites excluding steroid dienone is 2. The molecule has 1 aromatic carbocycles. The van der Waals surface area contributed by atoms with E-state index >= 15 is 0 Å². The van der Waals surface area contributed by atoms with Crippen molar-refractivity contribution in [3.05, 3.63) is 53.1 Å². The highest BCUT2D eigenvalue weighted by atomic mass is 19.4. The average molecular weight is 717 g/mol. The van der Waals surface area contributed by atoms with Gasteiger partial charge >= 0.3 is 24.5 Å². The Morgan fingerprint density at radius 3 is 2.14 bits per heavy atom. The summed E-state index contributed by atoms with van der Waals surface area (Å²) in [5.41, 5.74) is -1.20. The highest BCUT2D eigenvalue weighted by Crippen LogP contribution is 2.43. The fourth-order valence-electron chi connectivity index (χ4n) is 4.95. The van der Waals surface area contributed by atoms with E-state index in [1.165, 1.54) is 30.9 Å². The number of rotatable bonds is 10. The summed E-state index contributed by atoms with van der Waals surface area (Å²) < 4.78 is 113. The van der Waals surface area contributed by atoms with Gasteiger partial charge in [-0.15, -0.1) is 5.10 Å². The van der Waals surface area contributed by atoms with E-state index in [2.05, 4.69) is 22.0 Å². The molecule has 0 fully saturated rings. The van der Waals surface area contributed by atoms with E-state index in [1.807, 2.05) is 18.7 Å². The first-order valence-electron chi connectivity index (χ1n) is 15.5. The van der Waals surface area contributed by atoms with Gasteiger partial charge in [-0.2, -0.15) is 44.3 Å². The zero-order chi connectivity index (χ0) is 38.0. The SMILES string of the molecule is C=C(C)C(F)(F)F.CC.Cc1cc2c(cc1C(F)(F)F)N(CCC(C)(C)CC(=O)O)CCCC2N(C/C=C/CC(F)(F)F)c1nnn(C)n1. The summed E-state index contributed by atoms with van der Waals surface area (Å²) in [5.74, 6) is -0.814. The first-order chi connectivity index (χ1) is 22.4. The summed E-state index contributed by atoms with van der Waals surface area (Å²) >= 11 is 0. The van der Waals surface area contributed by atoms with Gasteiger partial charge in [-0.25, -0.2) is 0 Å². The van der Waals surface area contributed by atoms with E-state index in [1.54, 1.807) is 18.7 Å². The number of aromatic nitrogens is 4. The third-order valence-electron chi connectivity index (χ3n) is 7.41. The van der Waals surface area contributed by atoms with Crippen LogP contribution in [0.2, 0.25) is 0 Å². The van der Waals surface area contributed by atoms with Gasteiger partial charge in [0.2, 0.25) is 0 Å². The number of carboxylic acids is 1. The van der Waals surface area contributed by atoms with Crippen LogP contribution in [0.5, 0.6) is 0 Å². The van der Waals surface area contributed by atoms with E-state index in [0.29, 0.717) is 43.6 Å². The van der Waals surface area contributed by atoms with Crippen molar-refractivity contribution < 1.29 is 49.4 Å². The van der Waals surface area contributed by atoms with Crippen molar-refractivity contribution in [2.75, 3.05) is 29.4 Å². The van der Waals surface area contributed by atoms with Crippen LogP contribution < -0.4 is 9.80 Å². The van der Waals surface area contributed by atoms with Gasteiger partial charge in [0, 0.05) is 30.9 Å². The predicted octanol–water partition coefficient (Wildman–Crippen LogP) is 9.24. The Hall–Kier alpha value is -3.79. The van der Waals surface area contributed by atoms with Gasteiger partial charge in [0.1, 0.15) is 0 Å². The maximum Gasteiger partial charge on any atom is 0.416 e. The molecule has 1 aliphatic heterocycles. The van der Waals surface area contributed by atoms with E-state index in [0.717, 1.165) is 19.1 Å². The fourth-order valence-corrected chi connectivity index (χ4v) is 4.95. The lowest BCUT2D eigenvalue weighted by atomic mass is 9.85. The molecule has 0 bridgehead atoms. The van der Waals surface area contributed by atoms with Crippen molar-refractivity contribution >= 4 is 17.6 Å². The van der Waals surface area contributed by atoms with Gasteiger partial charge < -0.3 is 14.9 Å². The number of tetrazole rings is 1. The summed E-state index contributed by atoms with van der Waals surface area (Å²) in [6, 6.07) is 2.05. The lowest BCUT2D eigenvalue weighted by Gasteiger charge is -2.33. The molecule has 1 atom stereocenters. The van der Waals surface area contributed by atoms with Crippen molar-refractivity contribution in [1.29, 1.82) is 0 Å². The second-order valence-electron chi connectivity index (χ2n) is 12.2. The Kier molecular flexibility index (Phi) is 15.7. The topological polar surface area (TPSA) is 87.4 Å². The first kappa shape index (κ1) is 43.2. The van der Waals surface area contributed by atoms with Gasteiger partial charge in [-0.1, -0.05) is 57.6 Å². The minimum absolute atomic E-state index is 0.0163. The highest BCUT2D eigenvalue weighted by molar-refractivity contribution is 5.67. The Bertz CT molecular complexity index is 1400. The van der Waals surface area contributed by atoms with Crippen LogP contribution in [0.4, 0.5) is 51.1 Å². The van der Waals surface area contributed by atoms with E-state index in [9.17, 15) is 49.4 Å². The molecule has 0 radical (unpaired) electrons. The molecular weight excluding hydrogens is 671 g/mol. The number of aliphatic carboxylic acids is 1. The van der Waals surface area contributed by atoms with E-state index < -0.39 is 53.5 Å². The van der Waals surface area contributed by atoms with Crippen molar-refractivity contribution in [1.82, 2.24) is 20.2 Å². The molecule has 1 aliphatic rings. The molecule has 2 heterocycles. The molecule has 0 amide bonds. The van der Waals surface area contributed by atoms with E-state index in [-0.39, 0.29) is 24.5 Å². The van der Waals surface area contributed by atoms with Crippen molar-refractivity contribution in [2.24, 2.45) is 12.5 Å². The summed E-state index contributed by atoms with van der Waals surface area (Å²) in [5, 5.41) is 21.4. The van der Waals surface area contributed by atoms with Crippen LogP contribution in [0.1, 0.15) is 89.5 Å². The zero-order valence-electron chi connectivity index (χ0n) is 28.7. The van der Waals surface area contributed by atoms with Gasteiger partial charge in [-0.3, -0.25) is 4.79 Å². The lowest BCUT2D eigenvalue weighted by molar-refractivity contribution is -0.139. The number of fused-ring (bicyclic) bond motifs is 1. The zero-order valence-corrected chi connectivity index (χ0v) is 28.7. The largest absolute Gasteiger partial charge is 0.481 e. The maximum atomic E-state index is 14.0. The number of halogens is 9. The molecule has 1 aromatic heterocycles. The van der Waals surface area contributed by atoms with Crippen LogP contribution in [-0.4, -0.2) is 63.3 Å². The number of benzene rings is 1. The van der Waals surface area contributed by atoms with Crippen LogP contribution in [0.25, 0.3) is 0 Å². The lowest BCUT2D eigenvalue weighted by Crippen LogP contribution is -2.32. The summed E-state index contributed by atoms with van der Waals surface area (Å²) in [4.78, 5) is 16.0. The summed E-state index contributed by atoms with van der Waals surface area (Å²) in [7, 11) is 1.54. The number of carbonyl (C=O) groups is 1. The molecule has 0 spiro atoms. The van der Waals surface area contributed by atoms with Crippen molar-refractivity contribution in [2.45, 2.75) is 98.2 Å². The Morgan fingerprint density at radius 2 is 1.67 bits per heavy atom. The van der Waals surface area contributed by atoms with Gasteiger partial charge in [0.25, 0.3) is 5.95 Å². The summed E-state index contributed by atoms with van der Waals surface area (Å²) in [6.07, 6.45) is -10.6. The van der Waals surface area contributed by atoms with E-state index in [4.69, 9.17) is 0 Å². The van der Waals surface area contributed by atoms with Crippen LogP contribution in [0.3, 0.4) is 0 Å². The Labute approximate surface area is 280 Å².